The molecule has 3 heterocycles. The van der Waals surface area contributed by atoms with Crippen molar-refractivity contribution >= 4 is 53.9 Å². The molecular formula is C68H123N9O27. The quantitative estimate of drug-likeness (QED) is 0.0215. The second kappa shape index (κ2) is 53.7. The van der Waals surface area contributed by atoms with Gasteiger partial charge in [0.1, 0.15) is 74.8 Å². The second-order valence-corrected chi connectivity index (χ2v) is 26.7. The van der Waals surface area contributed by atoms with Crippen LogP contribution in [0.15, 0.2) is 0 Å². The van der Waals surface area contributed by atoms with E-state index >= 15 is 0 Å². The SMILES string of the molecule is CC(=O)OCC1OC(OCCCC(=O)NCCCCCCNC(=O)OCCCC(C)(CCCOC(=O)NCCCCCCNC(=O)CCCOC2OC(COC(C)=O)C(O)C(O)C2N)CCCOC(=O)NCCCCCCNC(=O)CCCOC2OC(COC(C)=O)C(O)C(O)C2N)C(N)C(O)C1O. The first-order valence-corrected chi connectivity index (χ1v) is 36.8. The van der Waals surface area contributed by atoms with Crippen LogP contribution in [0.1, 0.15) is 182 Å². The molecule has 3 aliphatic heterocycles. The molecule has 36 nitrogen and oxygen atoms in total. The molecule has 15 unspecified atom stereocenters. The maximum absolute atomic E-state index is 12.6. The van der Waals surface area contributed by atoms with Gasteiger partial charge in [0, 0.05) is 79.3 Å². The zero-order chi connectivity index (χ0) is 76.7. The van der Waals surface area contributed by atoms with Crippen molar-refractivity contribution in [1.82, 2.24) is 31.9 Å². The van der Waals surface area contributed by atoms with Gasteiger partial charge in [-0.25, -0.2) is 14.4 Å². The van der Waals surface area contributed by atoms with Gasteiger partial charge >= 0.3 is 36.2 Å². The Labute approximate surface area is 609 Å². The first-order valence-electron chi connectivity index (χ1n) is 36.8. The lowest BCUT2D eigenvalue weighted by Gasteiger charge is -2.40. The maximum atomic E-state index is 12.6. The van der Waals surface area contributed by atoms with Crippen LogP contribution in [0.4, 0.5) is 14.4 Å². The van der Waals surface area contributed by atoms with Crippen LogP contribution >= 0.6 is 0 Å². The number of ether oxygens (including phenoxy) is 12. The predicted molar refractivity (Wildman–Crippen MR) is 370 cm³/mol. The van der Waals surface area contributed by atoms with Crippen molar-refractivity contribution in [1.29, 1.82) is 0 Å². The summed E-state index contributed by atoms with van der Waals surface area (Å²) >= 11 is 0. The average Bonchev–Trinajstić information content (AvgIpc) is 0.799. The largest absolute Gasteiger partial charge is 0.463 e. The van der Waals surface area contributed by atoms with Gasteiger partial charge in [-0.05, 0) is 102 Å². The number of amides is 6. The number of aliphatic hydroxyl groups is 6. The minimum absolute atomic E-state index is 0.0983. The van der Waals surface area contributed by atoms with Gasteiger partial charge in [0.15, 0.2) is 18.9 Å². The molecule has 602 valence electrons. The lowest BCUT2D eigenvalue weighted by atomic mass is 9.77. The molecule has 0 aromatic rings. The van der Waals surface area contributed by atoms with E-state index in [1.54, 1.807) is 0 Å². The number of carbonyl (C=O) groups is 9. The molecule has 0 aliphatic carbocycles. The summed E-state index contributed by atoms with van der Waals surface area (Å²) in [7, 11) is 0. The monoisotopic (exact) mass is 1500 g/mol. The molecule has 3 saturated heterocycles. The van der Waals surface area contributed by atoms with Crippen LogP contribution in [0, 0.1) is 5.41 Å². The van der Waals surface area contributed by atoms with Crippen LogP contribution in [-0.4, -0.2) is 275 Å². The molecule has 6 amide bonds. The van der Waals surface area contributed by atoms with Crippen LogP contribution in [-0.2, 0) is 85.6 Å². The van der Waals surface area contributed by atoms with Gasteiger partial charge in [-0.15, -0.1) is 0 Å². The Balaban J connectivity index is 1.29. The highest BCUT2D eigenvalue weighted by molar-refractivity contribution is 5.76. The number of alkyl carbamates (subject to hydrolysis) is 3. The zero-order valence-electron chi connectivity index (χ0n) is 61.2. The third-order valence-electron chi connectivity index (χ3n) is 17.6. The Hall–Kier alpha value is -5.97. The molecule has 36 heteroatoms. The van der Waals surface area contributed by atoms with E-state index in [1.165, 1.54) is 20.8 Å². The van der Waals surface area contributed by atoms with Crippen LogP contribution in [0.3, 0.4) is 0 Å². The van der Waals surface area contributed by atoms with Gasteiger partial charge in [-0.1, -0.05) is 45.4 Å². The highest BCUT2D eigenvalue weighted by Gasteiger charge is 2.46. The van der Waals surface area contributed by atoms with Gasteiger partial charge in [0.2, 0.25) is 17.7 Å². The predicted octanol–water partition coefficient (Wildman–Crippen LogP) is -0.0566. The van der Waals surface area contributed by atoms with E-state index in [9.17, 15) is 73.8 Å². The summed E-state index contributed by atoms with van der Waals surface area (Å²) in [5, 5.41) is 78.5. The topological polar surface area (TPSA) is 536 Å². The van der Waals surface area contributed by atoms with Crippen molar-refractivity contribution < 1.29 is 131 Å². The van der Waals surface area contributed by atoms with Crippen LogP contribution in [0.2, 0.25) is 0 Å². The third-order valence-corrected chi connectivity index (χ3v) is 17.6. The molecule has 0 aromatic carbocycles. The Kier molecular flexibility index (Phi) is 47.7. The number of carbonyl (C=O) groups excluding carboxylic acids is 9. The number of nitrogens with one attached hydrogen (secondary N) is 6. The Morgan fingerprint density at radius 2 is 0.567 bits per heavy atom. The van der Waals surface area contributed by atoms with E-state index in [1.807, 2.05) is 0 Å². The number of nitrogens with two attached hydrogens (primary N) is 3. The number of unbranched alkanes of at least 4 members (excludes halogenated alkanes) is 9. The van der Waals surface area contributed by atoms with Crippen molar-refractivity contribution in [2.75, 3.05) is 98.7 Å². The molecule has 104 heavy (non-hydrogen) atoms. The van der Waals surface area contributed by atoms with Crippen LogP contribution in [0.5, 0.6) is 0 Å². The fourth-order valence-corrected chi connectivity index (χ4v) is 11.5. The van der Waals surface area contributed by atoms with E-state index in [0.29, 0.717) is 116 Å². The summed E-state index contributed by atoms with van der Waals surface area (Å²) < 4.78 is 64.8. The van der Waals surface area contributed by atoms with Crippen molar-refractivity contribution in [2.45, 2.75) is 274 Å². The number of esters is 3. The van der Waals surface area contributed by atoms with E-state index in [0.717, 1.165) is 57.8 Å². The summed E-state index contributed by atoms with van der Waals surface area (Å²) in [4.78, 5) is 109. The van der Waals surface area contributed by atoms with Gasteiger partial charge in [-0.3, -0.25) is 28.8 Å². The lowest BCUT2D eigenvalue weighted by Crippen LogP contribution is -2.62. The van der Waals surface area contributed by atoms with E-state index in [4.69, 9.17) is 74.0 Å². The van der Waals surface area contributed by atoms with Crippen LogP contribution in [0.25, 0.3) is 0 Å². The first kappa shape index (κ1) is 92.2. The molecule has 0 saturated carbocycles. The van der Waals surface area contributed by atoms with Crippen molar-refractivity contribution in [3.05, 3.63) is 0 Å². The van der Waals surface area contributed by atoms with E-state index in [-0.39, 0.29) is 102 Å². The number of hydrogen-bond donors (Lipinski definition) is 15. The summed E-state index contributed by atoms with van der Waals surface area (Å²) in [6, 6.07) is -3.14. The molecular weight excluding hydrogens is 1370 g/mol. The second-order valence-electron chi connectivity index (χ2n) is 26.7. The minimum Gasteiger partial charge on any atom is -0.463 e. The fourth-order valence-electron chi connectivity index (χ4n) is 11.5. The fraction of sp³-hybridized carbons (Fsp3) is 0.868. The molecule has 0 aromatic heterocycles. The van der Waals surface area contributed by atoms with Crippen LogP contribution < -0.4 is 49.1 Å². The van der Waals surface area contributed by atoms with Crippen molar-refractivity contribution in [2.24, 2.45) is 22.6 Å². The zero-order valence-corrected chi connectivity index (χ0v) is 61.2. The van der Waals surface area contributed by atoms with Gasteiger partial charge < -0.3 is 137 Å². The molecule has 3 fully saturated rings. The molecule has 0 radical (unpaired) electrons. The normalized spacial score (nSPS) is 25.1. The van der Waals surface area contributed by atoms with Gasteiger partial charge in [0.25, 0.3) is 0 Å². The Bertz CT molecular complexity index is 2210. The molecule has 18 N–H and O–H groups in total. The maximum Gasteiger partial charge on any atom is 0.407 e. The number of hydrogen-bond acceptors (Lipinski definition) is 30. The smallest absolute Gasteiger partial charge is 0.407 e. The highest BCUT2D eigenvalue weighted by atomic mass is 16.7. The van der Waals surface area contributed by atoms with Crippen molar-refractivity contribution in [3.8, 4) is 0 Å². The number of aliphatic hydroxyl groups excluding tert-OH is 6. The molecule has 0 bridgehead atoms. The number of rotatable bonds is 54. The summed E-state index contributed by atoms with van der Waals surface area (Å²) in [6.45, 7) is 8.32. The Morgan fingerprint density at radius 1 is 0.327 bits per heavy atom. The summed E-state index contributed by atoms with van der Waals surface area (Å²) in [5.41, 5.74) is 17.6. The highest BCUT2D eigenvalue weighted by Crippen LogP contribution is 2.35. The average molecular weight is 1500 g/mol. The van der Waals surface area contributed by atoms with E-state index < -0.39 is 128 Å². The molecule has 3 aliphatic rings. The standard InChI is InChI=1S/C68H123N9O27/c1-44(78)99-41-47-56(84)59(87)53(69)62(102-47)93-35-17-23-50(81)72-29-11-5-8-14-32-75-65(90)96-38-20-26-68(4,27-21-39-97-66(91)76-33-15-9-6-12-30-73-51(82)24-18-36-94-63-54(70)60(88)57(85)48(103-63)42-100-45(2)79)28-22-40-98-67(92)77-34-16-10-7-13-31-74-52(83)25-19-37-95-64-55(71)61(89)58(86)49(104-64)43-101-46(3)80/h47-49,53-64,84-89H,5-43,69-71H2,1-4H3,(H,72,81)(H,73,82)(H,74,83)(H,75,90)(H,76,91)(H,77,92). The first-order chi connectivity index (χ1) is 49.7. The lowest BCUT2D eigenvalue weighted by molar-refractivity contribution is -0.267. The van der Waals surface area contributed by atoms with E-state index in [2.05, 4.69) is 38.8 Å². The van der Waals surface area contributed by atoms with Gasteiger partial charge in [0.05, 0.1) is 57.8 Å². The summed E-state index contributed by atoms with van der Waals surface area (Å²) in [5.74, 6) is -2.23. The molecule has 15 atom stereocenters. The summed E-state index contributed by atoms with van der Waals surface area (Å²) in [6.07, 6.45) is -1.65. The van der Waals surface area contributed by atoms with Crippen molar-refractivity contribution in [3.63, 3.8) is 0 Å². The molecule has 0 spiro atoms. The van der Waals surface area contributed by atoms with Gasteiger partial charge in [-0.2, -0.15) is 0 Å². The minimum atomic E-state index is -1.37. The third kappa shape index (κ3) is 40.1. The Morgan fingerprint density at radius 3 is 0.808 bits per heavy atom. The molecule has 3 rings (SSSR count).